The van der Waals surface area contributed by atoms with Crippen LogP contribution >= 0.6 is 22.9 Å². The molecule has 0 spiro atoms. The third kappa shape index (κ3) is 6.48. The molecule has 4 heteroatoms. The predicted molar refractivity (Wildman–Crippen MR) is 71.5 cm³/mol. The highest BCUT2D eigenvalue weighted by atomic mass is 35.5. The van der Waals surface area contributed by atoms with E-state index in [-0.39, 0.29) is 0 Å². The van der Waals surface area contributed by atoms with Crippen molar-refractivity contribution in [2.75, 3.05) is 19.7 Å². The van der Waals surface area contributed by atoms with E-state index >= 15 is 0 Å². The minimum Gasteiger partial charge on any atom is -0.396 e. The van der Waals surface area contributed by atoms with Gasteiger partial charge in [-0.15, -0.1) is 11.3 Å². The van der Waals surface area contributed by atoms with Crippen molar-refractivity contribution in [2.45, 2.75) is 32.1 Å². The molecule has 1 aromatic heterocycles. The summed E-state index contributed by atoms with van der Waals surface area (Å²) < 4.78 is 0.874. The molecule has 0 radical (unpaired) electrons. The molecule has 0 amide bonds. The van der Waals surface area contributed by atoms with Gasteiger partial charge < -0.3 is 10.4 Å². The molecule has 0 fully saturated rings. The van der Waals surface area contributed by atoms with Gasteiger partial charge in [0.25, 0.3) is 0 Å². The third-order valence-corrected chi connectivity index (χ3v) is 3.73. The standard InChI is InChI=1S/C12H20ClNOS/c13-12-6-5-11(16-12)7-9-14-8-3-1-2-4-10-15/h5-6,14-15H,1-4,7-10H2. The molecule has 0 aliphatic rings. The number of nitrogens with one attached hydrogen (secondary N) is 1. The molecule has 16 heavy (non-hydrogen) atoms. The van der Waals surface area contributed by atoms with Crippen LogP contribution in [0.4, 0.5) is 0 Å². The lowest BCUT2D eigenvalue weighted by Crippen LogP contribution is -2.18. The molecule has 0 saturated heterocycles. The van der Waals surface area contributed by atoms with Crippen LogP contribution in [0.3, 0.4) is 0 Å². The molecule has 0 aromatic carbocycles. The number of hydrogen-bond donors (Lipinski definition) is 2. The Morgan fingerprint density at radius 1 is 1.12 bits per heavy atom. The Bertz CT molecular complexity index is 278. The number of unbranched alkanes of at least 4 members (excludes halogenated alkanes) is 3. The molecule has 0 aliphatic carbocycles. The lowest BCUT2D eigenvalue weighted by molar-refractivity contribution is 0.282. The van der Waals surface area contributed by atoms with Crippen molar-refractivity contribution in [2.24, 2.45) is 0 Å². The van der Waals surface area contributed by atoms with E-state index in [4.69, 9.17) is 16.7 Å². The zero-order valence-electron chi connectivity index (χ0n) is 9.54. The highest BCUT2D eigenvalue weighted by Crippen LogP contribution is 2.21. The zero-order chi connectivity index (χ0) is 11.6. The normalized spacial score (nSPS) is 10.9. The smallest absolute Gasteiger partial charge is 0.0931 e. The SMILES string of the molecule is OCCCCCCNCCc1ccc(Cl)s1. The molecule has 0 unspecified atom stereocenters. The van der Waals surface area contributed by atoms with Crippen LogP contribution in [-0.4, -0.2) is 24.8 Å². The quantitative estimate of drug-likeness (QED) is 0.670. The van der Waals surface area contributed by atoms with Crippen molar-refractivity contribution in [3.63, 3.8) is 0 Å². The summed E-state index contributed by atoms with van der Waals surface area (Å²) in [6, 6.07) is 4.05. The van der Waals surface area contributed by atoms with Crippen LogP contribution in [0.2, 0.25) is 4.34 Å². The molecule has 1 heterocycles. The first-order valence-electron chi connectivity index (χ1n) is 5.88. The molecule has 0 bridgehead atoms. The van der Waals surface area contributed by atoms with Crippen LogP contribution < -0.4 is 5.32 Å². The van der Waals surface area contributed by atoms with E-state index in [1.54, 1.807) is 11.3 Å². The summed E-state index contributed by atoms with van der Waals surface area (Å²) in [6.07, 6.45) is 5.55. The highest BCUT2D eigenvalue weighted by molar-refractivity contribution is 7.16. The van der Waals surface area contributed by atoms with Crippen molar-refractivity contribution < 1.29 is 5.11 Å². The predicted octanol–water partition coefficient (Wildman–Crippen LogP) is 3.09. The highest BCUT2D eigenvalue weighted by Gasteiger charge is 1.97. The fraction of sp³-hybridized carbons (Fsp3) is 0.667. The molecular weight excluding hydrogens is 242 g/mol. The average Bonchev–Trinajstić information content (AvgIpc) is 2.68. The van der Waals surface area contributed by atoms with Gasteiger partial charge in [0.1, 0.15) is 0 Å². The fourth-order valence-corrected chi connectivity index (χ4v) is 2.63. The summed E-state index contributed by atoms with van der Waals surface area (Å²) in [7, 11) is 0. The molecule has 0 aliphatic heterocycles. The van der Waals surface area contributed by atoms with Gasteiger partial charge in [-0.2, -0.15) is 0 Å². The minimum atomic E-state index is 0.326. The first-order chi connectivity index (χ1) is 7.83. The van der Waals surface area contributed by atoms with Gasteiger partial charge in [-0.25, -0.2) is 0 Å². The van der Waals surface area contributed by atoms with Crippen LogP contribution in [-0.2, 0) is 6.42 Å². The first kappa shape index (κ1) is 14.0. The molecule has 92 valence electrons. The molecule has 1 aromatic rings. The van der Waals surface area contributed by atoms with Gasteiger partial charge in [-0.05, 0) is 44.5 Å². The Hall–Kier alpha value is -0.0900. The van der Waals surface area contributed by atoms with E-state index in [1.807, 2.05) is 6.07 Å². The second-order valence-electron chi connectivity index (χ2n) is 3.84. The van der Waals surface area contributed by atoms with E-state index in [0.29, 0.717) is 6.61 Å². The monoisotopic (exact) mass is 261 g/mol. The van der Waals surface area contributed by atoms with Crippen LogP contribution in [0.15, 0.2) is 12.1 Å². The topological polar surface area (TPSA) is 32.3 Å². The summed E-state index contributed by atoms with van der Waals surface area (Å²) >= 11 is 7.51. The van der Waals surface area contributed by atoms with Gasteiger partial charge in [0.05, 0.1) is 4.34 Å². The van der Waals surface area contributed by atoms with E-state index in [0.717, 1.165) is 36.7 Å². The second-order valence-corrected chi connectivity index (χ2v) is 5.64. The van der Waals surface area contributed by atoms with E-state index in [9.17, 15) is 0 Å². The summed E-state index contributed by atoms with van der Waals surface area (Å²) in [6.45, 7) is 2.42. The molecule has 0 saturated carbocycles. The van der Waals surface area contributed by atoms with Crippen molar-refractivity contribution in [3.8, 4) is 0 Å². The molecule has 2 nitrogen and oxygen atoms in total. The van der Waals surface area contributed by atoms with Gasteiger partial charge in [-0.3, -0.25) is 0 Å². The number of hydrogen-bond acceptors (Lipinski definition) is 3. The van der Waals surface area contributed by atoms with Crippen LogP contribution in [0, 0.1) is 0 Å². The van der Waals surface area contributed by atoms with Gasteiger partial charge in [0.15, 0.2) is 0 Å². The second kappa shape index (κ2) is 8.99. The lowest BCUT2D eigenvalue weighted by Gasteiger charge is -2.03. The minimum absolute atomic E-state index is 0.326. The van der Waals surface area contributed by atoms with Crippen molar-refractivity contribution in [3.05, 3.63) is 21.3 Å². The van der Waals surface area contributed by atoms with E-state index < -0.39 is 0 Å². The number of aliphatic hydroxyl groups is 1. The Labute approximate surface area is 107 Å². The third-order valence-electron chi connectivity index (χ3n) is 2.44. The summed E-state index contributed by atoms with van der Waals surface area (Å²) in [5, 5.41) is 12.0. The maximum atomic E-state index is 8.61. The number of rotatable bonds is 9. The molecule has 0 atom stereocenters. The maximum Gasteiger partial charge on any atom is 0.0931 e. The van der Waals surface area contributed by atoms with Gasteiger partial charge in [0, 0.05) is 11.5 Å². The molecule has 2 N–H and O–H groups in total. The zero-order valence-corrected chi connectivity index (χ0v) is 11.1. The first-order valence-corrected chi connectivity index (χ1v) is 7.08. The summed E-state index contributed by atoms with van der Waals surface area (Å²) in [5.41, 5.74) is 0. The number of halogens is 1. The van der Waals surface area contributed by atoms with Gasteiger partial charge >= 0.3 is 0 Å². The maximum absolute atomic E-state index is 8.61. The fourth-order valence-electron chi connectivity index (χ4n) is 1.54. The van der Waals surface area contributed by atoms with Crippen molar-refractivity contribution in [1.82, 2.24) is 5.32 Å². The average molecular weight is 262 g/mol. The van der Waals surface area contributed by atoms with Crippen LogP contribution in [0.1, 0.15) is 30.6 Å². The Balaban J connectivity index is 1.88. The van der Waals surface area contributed by atoms with Crippen LogP contribution in [0.25, 0.3) is 0 Å². The largest absolute Gasteiger partial charge is 0.396 e. The number of thiophene rings is 1. The van der Waals surface area contributed by atoms with Gasteiger partial charge in [-0.1, -0.05) is 24.4 Å². The van der Waals surface area contributed by atoms with Gasteiger partial charge in [0.2, 0.25) is 0 Å². The van der Waals surface area contributed by atoms with E-state index in [1.165, 1.54) is 17.7 Å². The molecule has 1 rings (SSSR count). The Morgan fingerprint density at radius 2 is 1.94 bits per heavy atom. The van der Waals surface area contributed by atoms with Crippen LogP contribution in [0.5, 0.6) is 0 Å². The van der Waals surface area contributed by atoms with Crippen molar-refractivity contribution in [1.29, 1.82) is 0 Å². The Morgan fingerprint density at radius 3 is 2.62 bits per heavy atom. The van der Waals surface area contributed by atoms with E-state index in [2.05, 4.69) is 11.4 Å². The Kier molecular flexibility index (Phi) is 7.85. The summed E-state index contributed by atoms with van der Waals surface area (Å²) in [4.78, 5) is 1.35. The van der Waals surface area contributed by atoms with Crippen molar-refractivity contribution >= 4 is 22.9 Å². The number of aliphatic hydroxyl groups excluding tert-OH is 1. The molecular formula is C12H20ClNOS. The summed E-state index contributed by atoms with van der Waals surface area (Å²) in [5.74, 6) is 0. The lowest BCUT2D eigenvalue weighted by atomic mass is 10.2.